The third-order valence-corrected chi connectivity index (χ3v) is 5.14. The van der Waals surface area contributed by atoms with E-state index in [0.717, 1.165) is 12.0 Å². The second kappa shape index (κ2) is 6.05. The topological polar surface area (TPSA) is 17.1 Å². The summed E-state index contributed by atoms with van der Waals surface area (Å²) < 4.78 is 0. The highest BCUT2D eigenvalue weighted by Crippen LogP contribution is 2.42. The lowest BCUT2D eigenvalue weighted by molar-refractivity contribution is -0.121. The highest BCUT2D eigenvalue weighted by Gasteiger charge is 2.41. The van der Waals surface area contributed by atoms with Gasteiger partial charge >= 0.3 is 0 Å². The monoisotopic (exact) mass is 318 g/mol. The zero-order valence-electron chi connectivity index (χ0n) is 15.1. The van der Waals surface area contributed by atoms with E-state index in [1.165, 1.54) is 16.7 Å². The molecule has 0 bridgehead atoms. The van der Waals surface area contributed by atoms with Crippen LogP contribution in [0.25, 0.3) is 6.08 Å². The lowest BCUT2D eigenvalue weighted by Crippen LogP contribution is -2.26. The lowest BCUT2D eigenvalue weighted by atomic mass is 9.78. The van der Waals surface area contributed by atoms with Crippen molar-refractivity contribution >= 4 is 11.9 Å². The Morgan fingerprint density at radius 2 is 1.58 bits per heavy atom. The summed E-state index contributed by atoms with van der Waals surface area (Å²) in [7, 11) is 0. The van der Waals surface area contributed by atoms with E-state index in [0.29, 0.717) is 12.2 Å². The number of hydrogen-bond acceptors (Lipinski definition) is 1. The summed E-state index contributed by atoms with van der Waals surface area (Å²) in [4.78, 5) is 12.7. The number of rotatable bonds is 2. The van der Waals surface area contributed by atoms with Gasteiger partial charge in [0.2, 0.25) is 0 Å². The van der Waals surface area contributed by atoms with Gasteiger partial charge in [0.1, 0.15) is 5.78 Å². The lowest BCUT2D eigenvalue weighted by Gasteiger charge is -2.25. The molecule has 0 saturated heterocycles. The van der Waals surface area contributed by atoms with E-state index in [1.54, 1.807) is 0 Å². The zero-order chi connectivity index (χ0) is 17.4. The molecular weight excluding hydrogens is 292 g/mol. The summed E-state index contributed by atoms with van der Waals surface area (Å²) in [5.74, 6) is 0.327. The Morgan fingerprint density at radius 3 is 2.17 bits per heavy atom. The fourth-order valence-electron chi connectivity index (χ4n) is 3.50. The number of carbonyl (C=O) groups is 1. The average molecular weight is 318 g/mol. The molecule has 1 heteroatoms. The summed E-state index contributed by atoms with van der Waals surface area (Å²) in [5, 5.41) is 0. The molecule has 0 amide bonds. The number of benzene rings is 2. The smallest absolute Gasteiger partial charge is 0.147 e. The van der Waals surface area contributed by atoms with Gasteiger partial charge in [0, 0.05) is 6.42 Å². The van der Waals surface area contributed by atoms with Crippen molar-refractivity contribution in [1.82, 2.24) is 0 Å². The van der Waals surface area contributed by atoms with Crippen LogP contribution in [0.4, 0.5) is 0 Å². The number of allylic oxidation sites excluding steroid dienone is 1. The first-order chi connectivity index (χ1) is 11.3. The quantitative estimate of drug-likeness (QED) is 0.695. The SMILES string of the molecule is CC(C)(C)c1ccc(C2(C)CC(=Cc3ccccc3)CC2=O)cc1. The van der Waals surface area contributed by atoms with Gasteiger partial charge in [-0.05, 0) is 35.4 Å². The molecule has 124 valence electrons. The molecule has 1 aliphatic carbocycles. The molecular formula is C23H26O. The Bertz CT molecular complexity index is 760. The van der Waals surface area contributed by atoms with Crippen molar-refractivity contribution in [2.75, 3.05) is 0 Å². The van der Waals surface area contributed by atoms with Crippen molar-refractivity contribution in [2.24, 2.45) is 0 Å². The zero-order valence-corrected chi connectivity index (χ0v) is 15.1. The van der Waals surface area contributed by atoms with Crippen molar-refractivity contribution in [3.8, 4) is 0 Å². The molecule has 0 heterocycles. The molecule has 0 spiro atoms. The van der Waals surface area contributed by atoms with E-state index in [9.17, 15) is 4.79 Å². The van der Waals surface area contributed by atoms with Gasteiger partial charge < -0.3 is 0 Å². The number of ketones is 1. The fourth-order valence-corrected chi connectivity index (χ4v) is 3.50. The Labute approximate surface area is 145 Å². The predicted molar refractivity (Wildman–Crippen MR) is 101 cm³/mol. The number of hydrogen-bond donors (Lipinski definition) is 0. The van der Waals surface area contributed by atoms with Crippen LogP contribution in [0.5, 0.6) is 0 Å². The summed E-state index contributed by atoms with van der Waals surface area (Å²) in [6.07, 6.45) is 3.55. The van der Waals surface area contributed by atoms with Crippen LogP contribution in [0.2, 0.25) is 0 Å². The first kappa shape index (κ1) is 16.7. The van der Waals surface area contributed by atoms with Gasteiger partial charge in [-0.1, -0.05) is 87.0 Å². The largest absolute Gasteiger partial charge is 0.298 e. The summed E-state index contributed by atoms with van der Waals surface area (Å²) in [6, 6.07) is 18.9. The Kier molecular flexibility index (Phi) is 4.21. The van der Waals surface area contributed by atoms with E-state index in [2.05, 4.69) is 70.2 Å². The minimum Gasteiger partial charge on any atom is -0.298 e. The molecule has 2 aromatic carbocycles. The minimum absolute atomic E-state index is 0.136. The van der Waals surface area contributed by atoms with Crippen molar-refractivity contribution in [3.63, 3.8) is 0 Å². The summed E-state index contributed by atoms with van der Waals surface area (Å²) in [6.45, 7) is 8.73. The predicted octanol–water partition coefficient (Wildman–Crippen LogP) is 5.69. The molecule has 0 radical (unpaired) electrons. The van der Waals surface area contributed by atoms with Gasteiger partial charge in [-0.3, -0.25) is 4.79 Å². The van der Waals surface area contributed by atoms with E-state index in [4.69, 9.17) is 0 Å². The molecule has 1 atom stereocenters. The minimum atomic E-state index is -0.392. The highest BCUT2D eigenvalue weighted by atomic mass is 16.1. The van der Waals surface area contributed by atoms with Crippen molar-refractivity contribution < 1.29 is 4.79 Å². The van der Waals surface area contributed by atoms with Crippen molar-refractivity contribution in [3.05, 3.63) is 76.9 Å². The van der Waals surface area contributed by atoms with Gasteiger partial charge in [-0.25, -0.2) is 0 Å². The van der Waals surface area contributed by atoms with Gasteiger partial charge in [-0.2, -0.15) is 0 Å². The van der Waals surface area contributed by atoms with Gasteiger partial charge in [-0.15, -0.1) is 0 Å². The average Bonchev–Trinajstić information content (AvgIpc) is 2.83. The molecule has 1 unspecified atom stereocenters. The van der Waals surface area contributed by atoms with Crippen LogP contribution in [0.3, 0.4) is 0 Å². The third-order valence-electron chi connectivity index (χ3n) is 5.14. The molecule has 0 aliphatic heterocycles. The second-order valence-electron chi connectivity index (χ2n) is 8.15. The molecule has 1 aliphatic rings. The van der Waals surface area contributed by atoms with E-state index in [1.807, 2.05) is 18.2 Å². The van der Waals surface area contributed by atoms with Gasteiger partial charge in [0.15, 0.2) is 0 Å². The molecule has 1 nitrogen and oxygen atoms in total. The molecule has 0 aromatic heterocycles. The molecule has 1 saturated carbocycles. The second-order valence-corrected chi connectivity index (χ2v) is 8.15. The molecule has 3 rings (SSSR count). The molecule has 0 N–H and O–H groups in total. The fraction of sp³-hybridized carbons (Fsp3) is 0.348. The van der Waals surface area contributed by atoms with Crippen LogP contribution < -0.4 is 0 Å². The standard InChI is InChI=1S/C23H26O/c1-22(2,3)19-10-12-20(13-11-19)23(4)16-18(15-21(23)24)14-17-8-6-5-7-9-17/h5-14H,15-16H2,1-4H3. The van der Waals surface area contributed by atoms with Crippen LogP contribution in [0, 0.1) is 0 Å². The maximum Gasteiger partial charge on any atom is 0.147 e. The van der Waals surface area contributed by atoms with Gasteiger partial charge in [0.05, 0.1) is 5.41 Å². The highest BCUT2D eigenvalue weighted by molar-refractivity contribution is 5.96. The Balaban J connectivity index is 1.88. The first-order valence-corrected chi connectivity index (χ1v) is 8.68. The maximum atomic E-state index is 12.7. The van der Waals surface area contributed by atoms with Crippen LogP contribution in [0.15, 0.2) is 60.2 Å². The third kappa shape index (κ3) is 3.21. The molecule has 2 aromatic rings. The van der Waals surface area contributed by atoms with Gasteiger partial charge in [0.25, 0.3) is 0 Å². The number of Topliss-reactive ketones (excluding diaryl/α,β-unsaturated/α-hetero) is 1. The van der Waals surface area contributed by atoms with Crippen molar-refractivity contribution in [2.45, 2.75) is 51.4 Å². The van der Waals surface area contributed by atoms with Crippen LogP contribution in [-0.2, 0) is 15.6 Å². The Hall–Kier alpha value is -2.15. The summed E-state index contributed by atoms with van der Waals surface area (Å²) in [5.41, 5.74) is 4.59. The molecule has 24 heavy (non-hydrogen) atoms. The summed E-state index contributed by atoms with van der Waals surface area (Å²) >= 11 is 0. The Morgan fingerprint density at radius 1 is 0.958 bits per heavy atom. The van der Waals surface area contributed by atoms with Crippen LogP contribution in [0.1, 0.15) is 57.2 Å². The number of carbonyl (C=O) groups excluding carboxylic acids is 1. The van der Waals surface area contributed by atoms with E-state index in [-0.39, 0.29) is 5.41 Å². The van der Waals surface area contributed by atoms with Crippen molar-refractivity contribution in [1.29, 1.82) is 0 Å². The van der Waals surface area contributed by atoms with E-state index >= 15 is 0 Å². The normalized spacial score (nSPS) is 23.0. The van der Waals surface area contributed by atoms with Crippen LogP contribution in [-0.4, -0.2) is 5.78 Å². The first-order valence-electron chi connectivity index (χ1n) is 8.68. The van der Waals surface area contributed by atoms with Crippen LogP contribution >= 0.6 is 0 Å². The van der Waals surface area contributed by atoms with E-state index < -0.39 is 5.41 Å². The maximum absolute atomic E-state index is 12.7. The molecule has 1 fully saturated rings.